The summed E-state index contributed by atoms with van der Waals surface area (Å²) in [6.45, 7) is 0. The molecular formula is C14H10Br2O2. The van der Waals surface area contributed by atoms with Gasteiger partial charge in [0.1, 0.15) is 0 Å². The highest BCUT2D eigenvalue weighted by Crippen LogP contribution is 2.31. The van der Waals surface area contributed by atoms with Gasteiger partial charge in [0, 0.05) is 0 Å². The number of carbonyl (C=O) groups is 1. The first-order valence-electron chi connectivity index (χ1n) is 5.30. The summed E-state index contributed by atoms with van der Waals surface area (Å²) in [5.41, 5.74) is 3.04. The minimum absolute atomic E-state index is 0.105. The fourth-order valence-corrected chi connectivity index (χ4v) is 2.34. The molecule has 0 radical (unpaired) electrons. The van der Waals surface area contributed by atoms with Gasteiger partial charge in [-0.05, 0) is 22.8 Å². The molecule has 0 aromatic heterocycles. The average Bonchev–Trinajstić information content (AvgIpc) is 2.39. The quantitative estimate of drug-likeness (QED) is 0.786. The van der Waals surface area contributed by atoms with E-state index in [9.17, 15) is 4.79 Å². The molecule has 0 atom stereocenters. The number of aromatic carboxylic acids is 1. The zero-order valence-corrected chi connectivity index (χ0v) is 12.5. The normalized spacial score (nSPS) is 10.6. The number of alkyl halides is 2. The molecule has 0 saturated carbocycles. The van der Waals surface area contributed by atoms with E-state index in [-0.39, 0.29) is 3.74 Å². The fourth-order valence-electron chi connectivity index (χ4n) is 1.73. The second kappa shape index (κ2) is 5.67. The van der Waals surface area contributed by atoms with Crippen LogP contribution >= 0.6 is 31.9 Å². The van der Waals surface area contributed by atoms with Crippen LogP contribution in [0.2, 0.25) is 0 Å². The van der Waals surface area contributed by atoms with Gasteiger partial charge in [-0.1, -0.05) is 74.3 Å². The molecule has 2 aromatic rings. The Morgan fingerprint density at radius 3 is 2.17 bits per heavy atom. The molecule has 2 nitrogen and oxygen atoms in total. The van der Waals surface area contributed by atoms with Gasteiger partial charge in [-0.15, -0.1) is 0 Å². The summed E-state index contributed by atoms with van der Waals surface area (Å²) in [4.78, 5) is 11.2. The zero-order chi connectivity index (χ0) is 13.1. The maximum Gasteiger partial charge on any atom is 0.336 e. The first-order valence-corrected chi connectivity index (χ1v) is 7.13. The third-order valence-corrected chi connectivity index (χ3v) is 3.69. The van der Waals surface area contributed by atoms with Gasteiger partial charge in [0.15, 0.2) is 0 Å². The number of hydrogen-bond donors (Lipinski definition) is 1. The second-order valence-corrected chi connectivity index (χ2v) is 6.83. The Kier molecular flexibility index (Phi) is 4.19. The van der Waals surface area contributed by atoms with Crippen molar-refractivity contribution in [2.24, 2.45) is 0 Å². The summed E-state index contributed by atoms with van der Waals surface area (Å²) in [5.74, 6) is -0.909. The molecule has 18 heavy (non-hydrogen) atoms. The molecule has 0 bridgehead atoms. The Hall–Kier alpha value is -1.13. The Morgan fingerprint density at radius 2 is 1.61 bits per heavy atom. The average molecular weight is 370 g/mol. The maximum absolute atomic E-state index is 11.2. The van der Waals surface area contributed by atoms with Crippen molar-refractivity contribution in [2.45, 2.75) is 3.74 Å². The van der Waals surface area contributed by atoms with Crippen LogP contribution in [0.25, 0.3) is 11.1 Å². The van der Waals surface area contributed by atoms with Crippen molar-refractivity contribution in [3.63, 3.8) is 0 Å². The smallest absolute Gasteiger partial charge is 0.336 e. The molecule has 0 aliphatic heterocycles. The molecule has 0 spiro atoms. The molecule has 92 valence electrons. The number of benzene rings is 2. The van der Waals surface area contributed by atoms with Crippen LogP contribution in [-0.4, -0.2) is 11.1 Å². The van der Waals surface area contributed by atoms with Crippen LogP contribution in [-0.2, 0) is 0 Å². The molecule has 0 aliphatic carbocycles. The molecule has 0 saturated heterocycles. The van der Waals surface area contributed by atoms with Gasteiger partial charge in [-0.25, -0.2) is 4.79 Å². The highest BCUT2D eigenvalue weighted by molar-refractivity contribution is 9.24. The van der Waals surface area contributed by atoms with Gasteiger partial charge in [-0.3, -0.25) is 0 Å². The topological polar surface area (TPSA) is 37.3 Å². The second-order valence-electron chi connectivity index (χ2n) is 3.77. The minimum atomic E-state index is -0.909. The Morgan fingerprint density at radius 1 is 1.00 bits per heavy atom. The van der Waals surface area contributed by atoms with Gasteiger partial charge in [0.25, 0.3) is 0 Å². The Balaban J connectivity index is 2.46. The van der Waals surface area contributed by atoms with E-state index in [2.05, 4.69) is 31.9 Å². The standard InChI is InChI=1S/C14H10Br2O2/c15-13(16)10-7-5-9(6-8-10)11-3-1-2-4-12(11)14(17)18/h1-8,13H,(H,17,18). The SMILES string of the molecule is O=C(O)c1ccccc1-c1ccc(C(Br)Br)cc1. The molecule has 0 heterocycles. The lowest BCUT2D eigenvalue weighted by Gasteiger charge is -2.08. The van der Waals surface area contributed by atoms with Crippen LogP contribution in [0.4, 0.5) is 0 Å². The van der Waals surface area contributed by atoms with E-state index < -0.39 is 5.97 Å². The predicted molar refractivity (Wildman–Crippen MR) is 79.4 cm³/mol. The number of carboxylic acids is 1. The van der Waals surface area contributed by atoms with Crippen LogP contribution in [0.15, 0.2) is 48.5 Å². The van der Waals surface area contributed by atoms with Crippen molar-refractivity contribution in [3.05, 3.63) is 59.7 Å². The van der Waals surface area contributed by atoms with Crippen LogP contribution in [0, 0.1) is 0 Å². The van der Waals surface area contributed by atoms with E-state index in [1.807, 2.05) is 36.4 Å². The number of halogens is 2. The van der Waals surface area contributed by atoms with E-state index >= 15 is 0 Å². The fraction of sp³-hybridized carbons (Fsp3) is 0.0714. The summed E-state index contributed by atoms with van der Waals surface area (Å²) in [5, 5.41) is 9.15. The van der Waals surface area contributed by atoms with Gasteiger partial charge in [0.2, 0.25) is 0 Å². The van der Waals surface area contributed by atoms with Crippen molar-refractivity contribution in [1.82, 2.24) is 0 Å². The summed E-state index contributed by atoms with van der Waals surface area (Å²) < 4.78 is 0.105. The van der Waals surface area contributed by atoms with Gasteiger partial charge >= 0.3 is 5.97 Å². The van der Waals surface area contributed by atoms with Gasteiger partial charge in [0.05, 0.1) is 9.30 Å². The van der Waals surface area contributed by atoms with Crippen LogP contribution < -0.4 is 0 Å². The van der Waals surface area contributed by atoms with Crippen LogP contribution in [0.3, 0.4) is 0 Å². The van der Waals surface area contributed by atoms with Crippen molar-refractivity contribution < 1.29 is 9.90 Å². The maximum atomic E-state index is 11.2. The van der Waals surface area contributed by atoms with Crippen molar-refractivity contribution in [3.8, 4) is 11.1 Å². The predicted octanol–water partition coefficient (Wildman–Crippen LogP) is 4.84. The lowest BCUT2D eigenvalue weighted by Crippen LogP contribution is -1.98. The monoisotopic (exact) mass is 368 g/mol. The van der Waals surface area contributed by atoms with Crippen molar-refractivity contribution >= 4 is 37.8 Å². The third kappa shape index (κ3) is 2.82. The summed E-state index contributed by atoms with van der Waals surface area (Å²) in [6, 6.07) is 14.8. The third-order valence-electron chi connectivity index (χ3n) is 2.63. The zero-order valence-electron chi connectivity index (χ0n) is 9.31. The number of hydrogen-bond acceptors (Lipinski definition) is 1. The molecular weight excluding hydrogens is 360 g/mol. The molecule has 4 heteroatoms. The minimum Gasteiger partial charge on any atom is -0.478 e. The van der Waals surface area contributed by atoms with E-state index in [1.165, 1.54) is 0 Å². The van der Waals surface area contributed by atoms with E-state index in [1.54, 1.807) is 12.1 Å². The summed E-state index contributed by atoms with van der Waals surface area (Å²) >= 11 is 6.85. The van der Waals surface area contributed by atoms with Crippen LogP contribution in [0.1, 0.15) is 19.7 Å². The lowest BCUT2D eigenvalue weighted by atomic mass is 9.99. The van der Waals surface area contributed by atoms with Crippen molar-refractivity contribution in [1.29, 1.82) is 0 Å². The molecule has 2 aromatic carbocycles. The molecule has 0 unspecified atom stereocenters. The Bertz CT molecular complexity index is 562. The number of rotatable bonds is 3. The van der Waals surface area contributed by atoms with E-state index in [0.717, 1.165) is 16.7 Å². The Labute approximate surface area is 122 Å². The van der Waals surface area contributed by atoms with Crippen molar-refractivity contribution in [2.75, 3.05) is 0 Å². The van der Waals surface area contributed by atoms with Crippen LogP contribution in [0.5, 0.6) is 0 Å². The number of carboxylic acid groups (broad SMARTS) is 1. The molecule has 1 N–H and O–H groups in total. The first kappa shape index (κ1) is 13.3. The van der Waals surface area contributed by atoms with E-state index in [4.69, 9.17) is 5.11 Å². The van der Waals surface area contributed by atoms with Gasteiger partial charge in [-0.2, -0.15) is 0 Å². The highest BCUT2D eigenvalue weighted by atomic mass is 79.9. The summed E-state index contributed by atoms with van der Waals surface area (Å²) in [7, 11) is 0. The highest BCUT2D eigenvalue weighted by Gasteiger charge is 2.11. The molecule has 0 fully saturated rings. The molecule has 0 amide bonds. The largest absolute Gasteiger partial charge is 0.478 e. The van der Waals surface area contributed by atoms with E-state index in [0.29, 0.717) is 5.56 Å². The van der Waals surface area contributed by atoms with Gasteiger partial charge < -0.3 is 5.11 Å². The first-order chi connectivity index (χ1) is 8.59. The molecule has 0 aliphatic rings. The lowest BCUT2D eigenvalue weighted by molar-refractivity contribution is 0.0698. The summed E-state index contributed by atoms with van der Waals surface area (Å²) in [6.07, 6.45) is 0. The molecule has 2 rings (SSSR count).